The van der Waals surface area contributed by atoms with E-state index in [2.05, 4.69) is 58.5 Å². The molecule has 3 nitrogen and oxygen atoms in total. The first-order valence-electron chi connectivity index (χ1n) is 5.73. The van der Waals surface area contributed by atoms with E-state index in [1.165, 1.54) is 5.56 Å². The molecule has 1 N–H and O–H groups in total. The lowest BCUT2D eigenvalue weighted by atomic mass is 10.2. The highest BCUT2D eigenvalue weighted by Gasteiger charge is 2.07. The van der Waals surface area contributed by atoms with Crippen molar-refractivity contribution in [1.82, 2.24) is 9.78 Å². The molecule has 1 aromatic heterocycles. The number of aromatic nitrogens is 2. The highest BCUT2D eigenvalue weighted by atomic mass is 79.9. The normalized spacial score (nSPS) is 12.4. The average Bonchev–Trinajstić information content (AvgIpc) is 2.77. The molecule has 0 bridgehead atoms. The van der Waals surface area contributed by atoms with E-state index in [1.807, 2.05) is 23.0 Å². The fourth-order valence-electron chi connectivity index (χ4n) is 1.69. The number of rotatable bonds is 4. The lowest BCUT2D eigenvalue weighted by Gasteiger charge is -2.13. The Bertz CT molecular complexity index is 493. The van der Waals surface area contributed by atoms with Crippen LogP contribution in [-0.4, -0.2) is 9.78 Å². The smallest absolute Gasteiger partial charge is 0.0542 e. The van der Waals surface area contributed by atoms with Crippen LogP contribution < -0.4 is 5.32 Å². The summed E-state index contributed by atoms with van der Waals surface area (Å²) in [4.78, 5) is 0. The molecule has 2 aromatic rings. The Morgan fingerprint density at radius 3 is 2.94 bits per heavy atom. The second kappa shape index (κ2) is 5.36. The number of nitrogens with one attached hydrogen (secondary N) is 1. The summed E-state index contributed by atoms with van der Waals surface area (Å²) in [7, 11) is 0. The summed E-state index contributed by atoms with van der Waals surface area (Å²) in [5.74, 6) is 0. The molecule has 17 heavy (non-hydrogen) atoms. The van der Waals surface area contributed by atoms with Gasteiger partial charge in [0.25, 0.3) is 0 Å². The van der Waals surface area contributed by atoms with E-state index in [1.54, 1.807) is 0 Å². The van der Waals surface area contributed by atoms with Crippen LogP contribution in [0.2, 0.25) is 0 Å². The van der Waals surface area contributed by atoms with Gasteiger partial charge >= 0.3 is 0 Å². The van der Waals surface area contributed by atoms with Crippen molar-refractivity contribution < 1.29 is 0 Å². The molecule has 1 heterocycles. The molecule has 90 valence electrons. The SMILES string of the molecule is CCn1cc(C(C)Nc2cccc(Br)c2)cn1. The number of nitrogens with zero attached hydrogens (tertiary/aromatic N) is 2. The molecule has 0 saturated carbocycles. The fraction of sp³-hybridized carbons (Fsp3) is 0.308. The van der Waals surface area contributed by atoms with Crippen LogP contribution in [0.1, 0.15) is 25.5 Å². The van der Waals surface area contributed by atoms with Crippen molar-refractivity contribution in [2.45, 2.75) is 26.4 Å². The van der Waals surface area contributed by atoms with Crippen LogP contribution >= 0.6 is 15.9 Å². The zero-order chi connectivity index (χ0) is 12.3. The Morgan fingerprint density at radius 2 is 2.29 bits per heavy atom. The first-order chi connectivity index (χ1) is 8.19. The minimum atomic E-state index is 0.254. The van der Waals surface area contributed by atoms with Gasteiger partial charge in [0.1, 0.15) is 0 Å². The number of benzene rings is 1. The largest absolute Gasteiger partial charge is 0.378 e. The van der Waals surface area contributed by atoms with Gasteiger partial charge in [0, 0.05) is 28.5 Å². The number of hydrogen-bond donors (Lipinski definition) is 1. The maximum atomic E-state index is 4.28. The molecule has 1 aromatic carbocycles. The van der Waals surface area contributed by atoms with E-state index < -0.39 is 0 Å². The summed E-state index contributed by atoms with van der Waals surface area (Å²) in [5.41, 5.74) is 2.31. The molecule has 1 atom stereocenters. The maximum Gasteiger partial charge on any atom is 0.0542 e. The van der Waals surface area contributed by atoms with Crippen molar-refractivity contribution in [3.63, 3.8) is 0 Å². The van der Waals surface area contributed by atoms with Crippen molar-refractivity contribution in [1.29, 1.82) is 0 Å². The molecule has 0 aliphatic heterocycles. The molecule has 4 heteroatoms. The Labute approximate surface area is 110 Å². The number of halogens is 1. The lowest BCUT2D eigenvalue weighted by molar-refractivity contribution is 0.658. The lowest BCUT2D eigenvalue weighted by Crippen LogP contribution is -2.05. The standard InChI is InChI=1S/C13H16BrN3/c1-3-17-9-11(8-15-17)10(2)16-13-6-4-5-12(14)7-13/h4-10,16H,3H2,1-2H3. The quantitative estimate of drug-likeness (QED) is 0.928. The Kier molecular flexibility index (Phi) is 3.84. The molecule has 0 aliphatic carbocycles. The molecule has 0 amide bonds. The number of hydrogen-bond acceptors (Lipinski definition) is 2. The first-order valence-corrected chi connectivity index (χ1v) is 6.53. The van der Waals surface area contributed by atoms with E-state index in [0.29, 0.717) is 0 Å². The Balaban J connectivity index is 2.08. The fourth-order valence-corrected chi connectivity index (χ4v) is 2.09. The van der Waals surface area contributed by atoms with E-state index in [0.717, 1.165) is 16.7 Å². The van der Waals surface area contributed by atoms with Crippen LogP contribution in [-0.2, 0) is 6.54 Å². The van der Waals surface area contributed by atoms with Gasteiger partial charge in [0.05, 0.1) is 12.2 Å². The van der Waals surface area contributed by atoms with Gasteiger partial charge in [-0.2, -0.15) is 5.10 Å². The van der Waals surface area contributed by atoms with Gasteiger partial charge < -0.3 is 5.32 Å². The molecular formula is C13H16BrN3. The van der Waals surface area contributed by atoms with E-state index in [4.69, 9.17) is 0 Å². The van der Waals surface area contributed by atoms with Gasteiger partial charge in [0.15, 0.2) is 0 Å². The molecule has 1 unspecified atom stereocenters. The summed E-state index contributed by atoms with van der Waals surface area (Å²) < 4.78 is 3.02. The maximum absolute atomic E-state index is 4.28. The third-order valence-electron chi connectivity index (χ3n) is 2.69. The predicted octanol–water partition coefficient (Wildman–Crippen LogP) is 3.84. The summed E-state index contributed by atoms with van der Waals surface area (Å²) in [6, 6.07) is 8.43. The van der Waals surface area contributed by atoms with Crippen molar-refractivity contribution in [3.05, 3.63) is 46.7 Å². The highest BCUT2D eigenvalue weighted by Crippen LogP contribution is 2.21. The minimum absolute atomic E-state index is 0.254. The van der Waals surface area contributed by atoms with Gasteiger partial charge in [-0.05, 0) is 32.0 Å². The predicted molar refractivity (Wildman–Crippen MR) is 74.1 cm³/mol. The number of aryl methyl sites for hydroxylation is 1. The van der Waals surface area contributed by atoms with Gasteiger partial charge in [-0.25, -0.2) is 0 Å². The minimum Gasteiger partial charge on any atom is -0.378 e. The van der Waals surface area contributed by atoms with Crippen LogP contribution in [0.5, 0.6) is 0 Å². The molecule has 0 saturated heterocycles. The monoisotopic (exact) mass is 293 g/mol. The van der Waals surface area contributed by atoms with Crippen LogP contribution in [0.25, 0.3) is 0 Å². The second-order valence-electron chi connectivity index (χ2n) is 4.01. The molecule has 0 aliphatic rings. The number of anilines is 1. The van der Waals surface area contributed by atoms with E-state index in [9.17, 15) is 0 Å². The van der Waals surface area contributed by atoms with Crippen molar-refractivity contribution in [2.24, 2.45) is 0 Å². The van der Waals surface area contributed by atoms with Crippen LogP contribution in [0.3, 0.4) is 0 Å². The van der Waals surface area contributed by atoms with Crippen molar-refractivity contribution in [2.75, 3.05) is 5.32 Å². The second-order valence-corrected chi connectivity index (χ2v) is 4.92. The Morgan fingerprint density at radius 1 is 1.47 bits per heavy atom. The van der Waals surface area contributed by atoms with Gasteiger partial charge in [-0.3, -0.25) is 4.68 Å². The van der Waals surface area contributed by atoms with E-state index >= 15 is 0 Å². The zero-order valence-corrected chi connectivity index (χ0v) is 11.6. The summed E-state index contributed by atoms with van der Waals surface area (Å²) in [6.45, 7) is 5.13. The average molecular weight is 294 g/mol. The third kappa shape index (κ3) is 3.09. The van der Waals surface area contributed by atoms with Crippen LogP contribution in [0.4, 0.5) is 5.69 Å². The molecule has 0 radical (unpaired) electrons. The summed E-state index contributed by atoms with van der Waals surface area (Å²) in [6.07, 6.45) is 3.99. The molecule has 2 rings (SSSR count). The van der Waals surface area contributed by atoms with Gasteiger partial charge in [-0.1, -0.05) is 22.0 Å². The molecule has 0 fully saturated rings. The molecule has 0 spiro atoms. The van der Waals surface area contributed by atoms with Gasteiger partial charge in [0.2, 0.25) is 0 Å². The zero-order valence-electron chi connectivity index (χ0n) is 10.0. The Hall–Kier alpha value is -1.29. The highest BCUT2D eigenvalue weighted by molar-refractivity contribution is 9.10. The first kappa shape index (κ1) is 12.2. The van der Waals surface area contributed by atoms with Crippen LogP contribution in [0.15, 0.2) is 41.1 Å². The molecular weight excluding hydrogens is 278 g/mol. The van der Waals surface area contributed by atoms with E-state index in [-0.39, 0.29) is 6.04 Å². The van der Waals surface area contributed by atoms with Gasteiger partial charge in [-0.15, -0.1) is 0 Å². The third-order valence-corrected chi connectivity index (χ3v) is 3.18. The van der Waals surface area contributed by atoms with Crippen molar-refractivity contribution in [3.8, 4) is 0 Å². The van der Waals surface area contributed by atoms with Crippen LogP contribution in [0, 0.1) is 0 Å². The topological polar surface area (TPSA) is 29.9 Å². The summed E-state index contributed by atoms with van der Waals surface area (Å²) >= 11 is 3.47. The van der Waals surface area contributed by atoms with Crippen molar-refractivity contribution >= 4 is 21.6 Å². The summed E-state index contributed by atoms with van der Waals surface area (Å²) in [5, 5.41) is 7.74.